The summed E-state index contributed by atoms with van der Waals surface area (Å²) in [5.74, 6) is 5.23. The van der Waals surface area contributed by atoms with E-state index in [1.54, 1.807) is 0 Å². The van der Waals surface area contributed by atoms with Crippen LogP contribution in [0.1, 0.15) is 212 Å². The van der Waals surface area contributed by atoms with Crippen LogP contribution in [0, 0.1) is 0 Å². The summed E-state index contributed by atoms with van der Waals surface area (Å²) in [6.45, 7) is 12.9. The van der Waals surface area contributed by atoms with Gasteiger partial charge in [0.1, 0.15) is 72.9 Å². The molecule has 8 bridgehead atoms. The Hall–Kier alpha value is -11.1. The van der Waals surface area contributed by atoms with Crippen molar-refractivity contribution in [3.63, 3.8) is 0 Å². The molecule has 4 aliphatic heterocycles. The van der Waals surface area contributed by atoms with E-state index >= 15 is 0 Å². The second kappa shape index (κ2) is 35.1. The van der Waals surface area contributed by atoms with Gasteiger partial charge >= 0.3 is 0 Å². The molecule has 12 aromatic rings. The average molecular weight is 1540 g/mol. The van der Waals surface area contributed by atoms with Crippen molar-refractivity contribution in [1.29, 1.82) is 0 Å². The number of methoxy groups -OCH3 is 4. The normalized spacial score (nSPS) is 18.3. The van der Waals surface area contributed by atoms with Crippen LogP contribution < -0.4 is 37.9 Å². The molecule has 17 rings (SSSR count). The molecule has 0 fully saturated rings. The molecule has 12 heteroatoms. The van der Waals surface area contributed by atoms with Gasteiger partial charge in [0, 0.05) is 119 Å². The third kappa shape index (κ3) is 15.7. The van der Waals surface area contributed by atoms with Gasteiger partial charge in [-0.2, -0.15) is 0 Å². The van der Waals surface area contributed by atoms with Crippen LogP contribution in [-0.4, -0.2) is 75.0 Å². The molecule has 116 heavy (non-hydrogen) atoms. The number of aryl methyl sites for hydroxylation is 4. The molecular weight excluding hydrogens is 1430 g/mol. The maximum absolute atomic E-state index is 7.72. The number of ether oxygens (including phenoxy) is 8. The highest BCUT2D eigenvalue weighted by Crippen LogP contribution is 2.59. The minimum Gasteiger partial charge on any atom is -0.496 e. The fourth-order valence-corrected chi connectivity index (χ4v) is 19.4. The minimum atomic E-state index is -0.348. The smallest absolute Gasteiger partial charge is 0.142 e. The Labute approximate surface area is 686 Å². The van der Waals surface area contributed by atoms with Gasteiger partial charge in [-0.15, -0.1) is 0 Å². The van der Waals surface area contributed by atoms with E-state index in [-0.39, 0.29) is 47.8 Å². The molecule has 0 unspecified atom stereocenters. The predicted octanol–water partition coefficient (Wildman–Crippen LogP) is 22.7. The van der Waals surface area contributed by atoms with Crippen molar-refractivity contribution in [3.8, 4) is 46.0 Å². The second-order valence-electron chi connectivity index (χ2n) is 32.3. The molecule has 0 amide bonds. The van der Waals surface area contributed by atoms with Crippen LogP contribution in [0.4, 0.5) is 0 Å². The zero-order valence-corrected chi connectivity index (χ0v) is 68.4. The number of rotatable bonds is 24. The van der Waals surface area contributed by atoms with Crippen LogP contribution in [0.15, 0.2) is 267 Å². The summed E-state index contributed by atoms with van der Waals surface area (Å²) in [5, 5.41) is 0. The van der Waals surface area contributed by atoms with Crippen molar-refractivity contribution in [2.75, 3.05) is 55.4 Å². The first-order chi connectivity index (χ1) is 57.0. The quantitative estimate of drug-likeness (QED) is 0.0577. The highest BCUT2D eigenvalue weighted by Gasteiger charge is 2.44. The van der Waals surface area contributed by atoms with E-state index in [2.05, 4.69) is 314 Å². The van der Waals surface area contributed by atoms with Crippen LogP contribution in [0.3, 0.4) is 0 Å². The van der Waals surface area contributed by atoms with Crippen molar-refractivity contribution >= 4 is 0 Å². The lowest BCUT2D eigenvalue weighted by atomic mass is 9.74. The van der Waals surface area contributed by atoms with E-state index in [1.807, 2.05) is 28.4 Å². The van der Waals surface area contributed by atoms with Gasteiger partial charge in [-0.05, 0) is 148 Å². The molecule has 0 radical (unpaired) electrons. The SMILES string of the molecule is COc1c2cc(c3c1CN([C@H](C)c1ccccc1)CO3)[C@@H](CCc1ccccc1)c1cc(c3c(c1OC)CN([C@H](C)c1ccccc1)CO3)[C@@H](CCc1ccccc1)c1cc(c3c(c1OC)CN([C@H](C)c1ccccc1)CO3)[C@@H](CCc1ccccc1)c1cc(c3c(c1OC)CN([C@H](C)c1ccccc1)CO3)[C@H]2CCc1ccccc1. The van der Waals surface area contributed by atoms with E-state index < -0.39 is 0 Å². The summed E-state index contributed by atoms with van der Waals surface area (Å²) in [5.41, 5.74) is 22.5. The van der Waals surface area contributed by atoms with E-state index in [1.165, 1.54) is 44.5 Å². The van der Waals surface area contributed by atoms with Crippen molar-refractivity contribution in [2.45, 2.75) is 153 Å². The van der Waals surface area contributed by atoms with Gasteiger partial charge in [0.25, 0.3) is 0 Å². The van der Waals surface area contributed by atoms with Crippen LogP contribution in [0.5, 0.6) is 46.0 Å². The van der Waals surface area contributed by atoms with Gasteiger partial charge in [-0.3, -0.25) is 19.6 Å². The van der Waals surface area contributed by atoms with Crippen LogP contribution in [0.2, 0.25) is 0 Å². The van der Waals surface area contributed by atoms with E-state index in [9.17, 15) is 0 Å². The van der Waals surface area contributed by atoms with Gasteiger partial charge in [-0.1, -0.05) is 243 Å². The fourth-order valence-electron chi connectivity index (χ4n) is 19.4. The molecule has 8 atom stereocenters. The van der Waals surface area contributed by atoms with Crippen molar-refractivity contribution in [3.05, 3.63) is 378 Å². The maximum atomic E-state index is 7.72. The monoisotopic (exact) mass is 1540 g/mol. The lowest BCUT2D eigenvalue weighted by Crippen LogP contribution is -2.36. The van der Waals surface area contributed by atoms with E-state index in [0.717, 1.165) is 138 Å². The first-order valence-electron chi connectivity index (χ1n) is 41.8. The van der Waals surface area contributed by atoms with Crippen LogP contribution in [0.25, 0.3) is 0 Å². The first-order valence-corrected chi connectivity index (χ1v) is 41.8. The Morgan fingerprint density at radius 2 is 0.440 bits per heavy atom. The summed E-state index contributed by atoms with van der Waals surface area (Å²) < 4.78 is 60.1. The van der Waals surface area contributed by atoms with Gasteiger partial charge in [-0.25, -0.2) is 0 Å². The lowest BCUT2D eigenvalue weighted by Gasteiger charge is -2.41. The van der Waals surface area contributed by atoms with Gasteiger partial charge < -0.3 is 37.9 Å². The number of nitrogens with zero attached hydrogens (tertiary/aromatic N) is 4. The average Bonchev–Trinajstić information content (AvgIpc) is 0.721. The molecule has 592 valence electrons. The largest absolute Gasteiger partial charge is 0.496 e. The van der Waals surface area contributed by atoms with Crippen molar-refractivity contribution in [2.24, 2.45) is 0 Å². The molecular formula is C104H108N4O8. The number of hydrogen-bond acceptors (Lipinski definition) is 12. The topological polar surface area (TPSA) is 86.8 Å². The Morgan fingerprint density at radius 1 is 0.259 bits per heavy atom. The highest BCUT2D eigenvalue weighted by molar-refractivity contribution is 5.70. The Balaban J connectivity index is 1.02. The molecule has 0 aromatic heterocycles. The Kier molecular flexibility index (Phi) is 23.5. The summed E-state index contributed by atoms with van der Waals surface area (Å²) >= 11 is 0. The molecule has 0 saturated heterocycles. The zero-order chi connectivity index (χ0) is 79.2. The highest BCUT2D eigenvalue weighted by atomic mass is 16.5. The number of hydrogen-bond donors (Lipinski definition) is 0. The molecule has 0 saturated carbocycles. The van der Waals surface area contributed by atoms with Crippen LogP contribution >= 0.6 is 0 Å². The summed E-state index contributed by atoms with van der Waals surface area (Å²) in [6.07, 6.45) is 5.79. The number of fused-ring (bicyclic) bond motifs is 16. The molecule has 4 heterocycles. The molecule has 5 aliphatic rings. The van der Waals surface area contributed by atoms with Crippen LogP contribution in [-0.2, 0) is 51.9 Å². The maximum Gasteiger partial charge on any atom is 0.142 e. The zero-order valence-electron chi connectivity index (χ0n) is 68.4. The summed E-state index contributed by atoms with van der Waals surface area (Å²) in [6, 6.07) is 97.6. The second-order valence-corrected chi connectivity index (χ2v) is 32.3. The molecule has 12 nitrogen and oxygen atoms in total. The van der Waals surface area contributed by atoms with E-state index in [0.29, 0.717) is 78.8 Å². The fraction of sp³-hybridized carbons (Fsp3) is 0.308. The minimum absolute atomic E-state index is 0.00965. The Bertz CT molecular complexity index is 4580. The molecule has 0 N–H and O–H groups in total. The third-order valence-corrected chi connectivity index (χ3v) is 25.9. The molecule has 0 spiro atoms. The van der Waals surface area contributed by atoms with Gasteiger partial charge in [0.15, 0.2) is 0 Å². The van der Waals surface area contributed by atoms with Gasteiger partial charge in [0.2, 0.25) is 0 Å². The summed E-state index contributed by atoms with van der Waals surface area (Å²) in [7, 11) is 7.51. The molecule has 12 aromatic carbocycles. The number of benzene rings is 12. The van der Waals surface area contributed by atoms with Crippen molar-refractivity contribution in [1.82, 2.24) is 19.6 Å². The molecule has 1 aliphatic carbocycles. The third-order valence-electron chi connectivity index (χ3n) is 25.9. The van der Waals surface area contributed by atoms with Gasteiger partial charge in [0.05, 0.1) is 50.7 Å². The lowest BCUT2D eigenvalue weighted by molar-refractivity contribution is 0.0581. The standard InChI is InChI=1S/C104H108N4O8/c1-69(77-41-25-13-26-42-77)105-61-93-97(109-5)85-57-89(101(93)113-65-105)82(54-50-74-35-19-10-20-36-74)86-58-91(103-94(98(86)110-6)62-106(67-115-103)70(2)78-43-27-14-28-44-78)84(56-52-76-39-23-12-24-40-76)88-60-92(104-96(100(88)112-8)64-108(68-116-104)72(4)80-47-31-16-32-48-80)83(55-51-75-37-21-11-22-38-75)87-59-90(81(85)53-49-73-33-17-9-18-34-73)102-95(99(87)111-7)63-107(66-114-102)71(3)79-45-29-15-30-46-79/h9-48,57-60,69-72,81-84H,49-56,61-68H2,1-8H3/t69-,70-,71-,72-,81+,82+,83+,84+/m1/s1. The Morgan fingerprint density at radius 3 is 0.621 bits per heavy atom. The summed E-state index contributed by atoms with van der Waals surface area (Å²) in [4.78, 5) is 9.87. The van der Waals surface area contributed by atoms with E-state index in [4.69, 9.17) is 37.9 Å². The predicted molar refractivity (Wildman–Crippen MR) is 462 cm³/mol. The first kappa shape index (κ1) is 77.5. The van der Waals surface area contributed by atoms with Crippen molar-refractivity contribution < 1.29 is 37.9 Å².